The summed E-state index contributed by atoms with van der Waals surface area (Å²) in [6, 6.07) is 11.0. The maximum atomic E-state index is 12.3. The van der Waals surface area contributed by atoms with Crippen LogP contribution in [-0.4, -0.2) is 14.8 Å². The second-order valence-electron chi connectivity index (χ2n) is 4.72. The van der Waals surface area contributed by atoms with Gasteiger partial charge in [-0.2, -0.15) is 0 Å². The predicted molar refractivity (Wildman–Crippen MR) is 76.9 cm³/mol. The second-order valence-corrected chi connectivity index (χ2v) is 4.72. The van der Waals surface area contributed by atoms with Crippen molar-refractivity contribution in [2.24, 2.45) is 0 Å². The van der Waals surface area contributed by atoms with Crippen LogP contribution in [-0.2, 0) is 6.54 Å². The molecule has 100 valence electrons. The second kappa shape index (κ2) is 4.77. The van der Waals surface area contributed by atoms with Gasteiger partial charge in [-0.1, -0.05) is 29.8 Å². The van der Waals surface area contributed by atoms with Gasteiger partial charge in [-0.15, -0.1) is 0 Å². The van der Waals surface area contributed by atoms with Crippen LogP contribution >= 0.6 is 0 Å². The Labute approximate surface area is 114 Å². The van der Waals surface area contributed by atoms with E-state index in [0.29, 0.717) is 11.9 Å². The van der Waals surface area contributed by atoms with Crippen LogP contribution in [0.2, 0.25) is 0 Å². The van der Waals surface area contributed by atoms with Gasteiger partial charge in [-0.3, -0.25) is 19.7 Å². The van der Waals surface area contributed by atoms with E-state index in [2.05, 4.69) is 10.1 Å². The lowest BCUT2D eigenvalue weighted by Crippen LogP contribution is -2.30. The van der Waals surface area contributed by atoms with Gasteiger partial charge in [0.2, 0.25) is 0 Å². The molecule has 0 saturated carbocycles. The van der Waals surface area contributed by atoms with Crippen molar-refractivity contribution >= 4 is 10.9 Å². The van der Waals surface area contributed by atoms with Crippen molar-refractivity contribution in [3.8, 4) is 0 Å². The molecule has 0 fully saturated rings. The highest BCUT2D eigenvalue weighted by atomic mass is 16.2. The van der Waals surface area contributed by atoms with Crippen LogP contribution in [0, 0.1) is 6.92 Å². The molecule has 1 aromatic carbocycles. The maximum Gasteiger partial charge on any atom is 0.292 e. The Balaban J connectivity index is 2.13. The van der Waals surface area contributed by atoms with E-state index in [4.69, 9.17) is 0 Å². The number of rotatable bonds is 2. The third kappa shape index (κ3) is 2.14. The fraction of sp³-hybridized carbons (Fsp3) is 0.133. The normalized spacial score (nSPS) is 10.8. The minimum Gasteiger partial charge on any atom is -0.267 e. The smallest absolute Gasteiger partial charge is 0.267 e. The zero-order valence-corrected chi connectivity index (χ0v) is 11.0. The van der Waals surface area contributed by atoms with Gasteiger partial charge in [0, 0.05) is 6.20 Å². The summed E-state index contributed by atoms with van der Waals surface area (Å²) in [4.78, 5) is 28.2. The molecule has 0 unspecified atom stereocenters. The third-order valence-corrected chi connectivity index (χ3v) is 3.20. The van der Waals surface area contributed by atoms with Gasteiger partial charge in [-0.05, 0) is 24.6 Å². The van der Waals surface area contributed by atoms with Crippen molar-refractivity contribution < 1.29 is 0 Å². The Morgan fingerprint density at radius 2 is 1.90 bits per heavy atom. The Kier molecular flexibility index (Phi) is 2.95. The van der Waals surface area contributed by atoms with Gasteiger partial charge in [0.25, 0.3) is 11.1 Å². The number of aromatic amines is 1. The molecule has 1 N–H and O–H groups in total. The summed E-state index contributed by atoms with van der Waals surface area (Å²) in [5.41, 5.74) is 1.70. The van der Waals surface area contributed by atoms with Crippen molar-refractivity contribution in [3.05, 3.63) is 74.4 Å². The van der Waals surface area contributed by atoms with E-state index in [0.717, 1.165) is 11.1 Å². The number of pyridine rings is 1. The molecule has 0 aliphatic rings. The molecule has 20 heavy (non-hydrogen) atoms. The third-order valence-electron chi connectivity index (χ3n) is 3.20. The highest BCUT2D eigenvalue weighted by Crippen LogP contribution is 2.04. The van der Waals surface area contributed by atoms with Crippen molar-refractivity contribution in [3.63, 3.8) is 0 Å². The first-order chi connectivity index (χ1) is 9.65. The van der Waals surface area contributed by atoms with E-state index in [-0.39, 0.29) is 16.6 Å². The lowest BCUT2D eigenvalue weighted by atomic mass is 10.1. The number of H-pyrrole nitrogens is 1. The van der Waals surface area contributed by atoms with E-state index in [1.54, 1.807) is 12.1 Å². The average Bonchev–Trinajstić information content (AvgIpc) is 2.47. The van der Waals surface area contributed by atoms with E-state index in [1.807, 2.05) is 31.2 Å². The fourth-order valence-electron chi connectivity index (χ4n) is 2.11. The molecule has 0 atom stereocenters. The van der Waals surface area contributed by atoms with Crippen LogP contribution < -0.4 is 11.1 Å². The van der Waals surface area contributed by atoms with Gasteiger partial charge < -0.3 is 0 Å². The molecule has 5 heteroatoms. The van der Waals surface area contributed by atoms with Crippen molar-refractivity contribution in [1.29, 1.82) is 0 Å². The Morgan fingerprint density at radius 1 is 1.15 bits per heavy atom. The number of nitrogens with zero attached hydrogens (tertiary/aromatic N) is 2. The minimum atomic E-state index is -0.306. The van der Waals surface area contributed by atoms with E-state index < -0.39 is 0 Å². The summed E-state index contributed by atoms with van der Waals surface area (Å²) >= 11 is 0. The molecule has 0 bridgehead atoms. The van der Waals surface area contributed by atoms with Gasteiger partial charge in [0.1, 0.15) is 5.52 Å². The van der Waals surface area contributed by atoms with Crippen molar-refractivity contribution in [2.75, 3.05) is 0 Å². The molecule has 0 radical (unpaired) electrons. The molecule has 3 aromatic rings. The lowest BCUT2D eigenvalue weighted by Gasteiger charge is -2.07. The van der Waals surface area contributed by atoms with Crippen LogP contribution in [0.15, 0.2) is 52.2 Å². The zero-order chi connectivity index (χ0) is 14.1. The highest BCUT2D eigenvalue weighted by molar-refractivity contribution is 5.75. The first-order valence-corrected chi connectivity index (χ1v) is 6.28. The fourth-order valence-corrected chi connectivity index (χ4v) is 2.11. The first-order valence-electron chi connectivity index (χ1n) is 6.28. The monoisotopic (exact) mass is 267 g/mol. The molecular formula is C15H13N3O2. The topological polar surface area (TPSA) is 67.8 Å². The van der Waals surface area contributed by atoms with Crippen LogP contribution in [0.5, 0.6) is 0 Å². The number of aryl methyl sites for hydroxylation is 1. The van der Waals surface area contributed by atoms with Crippen molar-refractivity contribution in [1.82, 2.24) is 14.8 Å². The number of benzene rings is 1. The number of aromatic nitrogens is 3. The molecule has 5 nitrogen and oxygen atoms in total. The number of hydrogen-bond donors (Lipinski definition) is 1. The molecule has 0 aliphatic heterocycles. The predicted octanol–water partition coefficient (Wildman–Crippen LogP) is 1.44. The maximum absolute atomic E-state index is 12.3. The largest absolute Gasteiger partial charge is 0.292 e. The van der Waals surface area contributed by atoms with Crippen LogP contribution in [0.1, 0.15) is 11.1 Å². The zero-order valence-electron chi connectivity index (χ0n) is 11.0. The quantitative estimate of drug-likeness (QED) is 0.764. The van der Waals surface area contributed by atoms with Gasteiger partial charge >= 0.3 is 0 Å². The van der Waals surface area contributed by atoms with Crippen molar-refractivity contribution in [2.45, 2.75) is 13.5 Å². The number of hydrogen-bond acceptors (Lipinski definition) is 3. The summed E-state index contributed by atoms with van der Waals surface area (Å²) in [6.07, 6.45) is 1.51. The molecule has 2 aromatic heterocycles. The molecule has 0 spiro atoms. The minimum absolute atomic E-state index is 0.198. The molecular weight excluding hydrogens is 254 g/mol. The molecule has 0 amide bonds. The summed E-state index contributed by atoms with van der Waals surface area (Å²) in [6.45, 7) is 2.32. The van der Waals surface area contributed by atoms with Gasteiger partial charge in [0.15, 0.2) is 0 Å². The highest BCUT2D eigenvalue weighted by Gasteiger charge is 2.08. The van der Waals surface area contributed by atoms with Crippen LogP contribution in [0.4, 0.5) is 0 Å². The summed E-state index contributed by atoms with van der Waals surface area (Å²) in [7, 11) is 0. The summed E-state index contributed by atoms with van der Waals surface area (Å²) in [5, 5.41) is 2.91. The molecule has 0 aliphatic carbocycles. The molecule has 3 rings (SSSR count). The Bertz CT molecular complexity index is 876. The van der Waals surface area contributed by atoms with E-state index >= 15 is 0 Å². The van der Waals surface area contributed by atoms with E-state index in [9.17, 15) is 9.59 Å². The Morgan fingerprint density at radius 3 is 2.65 bits per heavy atom. The van der Waals surface area contributed by atoms with Gasteiger partial charge in [0.05, 0.1) is 11.9 Å². The average molecular weight is 267 g/mol. The number of fused-ring (bicyclic) bond motifs is 1. The first kappa shape index (κ1) is 12.3. The van der Waals surface area contributed by atoms with E-state index in [1.165, 1.54) is 10.9 Å². The molecule has 0 saturated heterocycles. The Hall–Kier alpha value is -2.69. The van der Waals surface area contributed by atoms with Gasteiger partial charge in [-0.25, -0.2) is 4.68 Å². The van der Waals surface area contributed by atoms with Crippen LogP contribution in [0.25, 0.3) is 10.9 Å². The summed E-state index contributed by atoms with van der Waals surface area (Å²) in [5.74, 6) is 0. The lowest BCUT2D eigenvalue weighted by molar-refractivity contribution is 0.635. The number of nitrogens with one attached hydrogen (secondary N) is 1. The standard InChI is InChI=1S/C15H13N3O2/c1-10-4-6-11(7-5-10)9-18-15(20)13-12(14(19)17-18)3-2-8-16-13/h2-8H,9H2,1H3,(H,17,19). The molecule has 2 heterocycles. The SMILES string of the molecule is Cc1ccc(Cn2[nH]c(=O)c3cccnc3c2=O)cc1. The van der Waals surface area contributed by atoms with Crippen LogP contribution in [0.3, 0.4) is 0 Å². The summed E-state index contributed by atoms with van der Waals surface area (Å²) < 4.78 is 1.29.